The zero-order valence-electron chi connectivity index (χ0n) is 17.5. The highest BCUT2D eigenvalue weighted by atomic mass is 16.5. The highest BCUT2D eigenvalue weighted by molar-refractivity contribution is 5.75. The van der Waals surface area contributed by atoms with Crippen LogP contribution in [0.5, 0.6) is 17.2 Å². The summed E-state index contributed by atoms with van der Waals surface area (Å²) in [6, 6.07) is 15.9. The van der Waals surface area contributed by atoms with Crippen LogP contribution in [0.15, 0.2) is 54.7 Å². The zero-order chi connectivity index (χ0) is 21.7. The van der Waals surface area contributed by atoms with E-state index < -0.39 is 0 Å². The van der Waals surface area contributed by atoms with E-state index in [4.69, 9.17) is 14.5 Å². The molecule has 3 unspecified atom stereocenters. The van der Waals surface area contributed by atoms with Crippen LogP contribution in [0.2, 0.25) is 0 Å². The highest BCUT2D eigenvalue weighted by Gasteiger charge is 2.61. The van der Waals surface area contributed by atoms with Crippen molar-refractivity contribution >= 4 is 23.1 Å². The van der Waals surface area contributed by atoms with Crippen LogP contribution in [0.4, 0.5) is 5.82 Å². The SMILES string of the molecule is CNc1nccc(Oc2ccc3c(c2)C2C(O3)C2c2nc3ccccc3[nH]2)c1CCC=O. The molecule has 2 aliphatic rings. The molecule has 0 radical (unpaired) electrons. The van der Waals surface area contributed by atoms with Gasteiger partial charge in [0.25, 0.3) is 0 Å². The molecule has 0 bridgehead atoms. The Morgan fingerprint density at radius 1 is 1.19 bits per heavy atom. The van der Waals surface area contributed by atoms with Gasteiger partial charge < -0.3 is 24.6 Å². The molecule has 1 aliphatic heterocycles. The minimum Gasteiger partial charge on any atom is -0.489 e. The number of aromatic amines is 1. The zero-order valence-corrected chi connectivity index (χ0v) is 17.5. The molecule has 1 fully saturated rings. The van der Waals surface area contributed by atoms with E-state index in [0.717, 1.165) is 51.6 Å². The number of H-pyrrole nitrogens is 1. The van der Waals surface area contributed by atoms with Crippen molar-refractivity contribution < 1.29 is 14.3 Å². The lowest BCUT2D eigenvalue weighted by molar-refractivity contribution is -0.107. The van der Waals surface area contributed by atoms with E-state index >= 15 is 0 Å². The summed E-state index contributed by atoms with van der Waals surface area (Å²) >= 11 is 0. The molecule has 0 amide bonds. The standard InChI is InChI=1S/C25H22N4O3/c1-26-24-15(5-4-12-30)20(10-11-27-24)31-14-8-9-19-16(13-14)21-22(23(21)32-19)25-28-17-6-2-3-7-18(17)29-25/h2-3,6-13,21-23H,4-5H2,1H3,(H,26,27)(H,28,29). The highest BCUT2D eigenvalue weighted by Crippen LogP contribution is 2.63. The number of aldehydes is 1. The monoisotopic (exact) mass is 426 g/mol. The van der Waals surface area contributed by atoms with Gasteiger partial charge in [0, 0.05) is 36.7 Å². The van der Waals surface area contributed by atoms with Crippen LogP contribution in [0.1, 0.15) is 35.2 Å². The van der Waals surface area contributed by atoms with Crippen LogP contribution in [0.25, 0.3) is 11.0 Å². The summed E-state index contributed by atoms with van der Waals surface area (Å²) in [5.41, 5.74) is 4.06. The first-order valence-corrected chi connectivity index (χ1v) is 10.8. The molecule has 0 saturated heterocycles. The summed E-state index contributed by atoms with van der Waals surface area (Å²) in [6.07, 6.45) is 3.71. The van der Waals surface area contributed by atoms with Gasteiger partial charge in [-0.3, -0.25) is 0 Å². The molecule has 1 saturated carbocycles. The average molecular weight is 426 g/mol. The normalized spacial score (nSPS) is 20.3. The number of ether oxygens (including phenoxy) is 2. The lowest BCUT2D eigenvalue weighted by Gasteiger charge is -2.15. The van der Waals surface area contributed by atoms with Crippen molar-refractivity contribution in [3.05, 3.63) is 71.7 Å². The summed E-state index contributed by atoms with van der Waals surface area (Å²) in [5, 5.41) is 3.08. The van der Waals surface area contributed by atoms with E-state index in [1.807, 2.05) is 49.5 Å². The number of hydrogen-bond acceptors (Lipinski definition) is 6. The molecule has 6 rings (SSSR count). The number of nitrogens with zero attached hydrogens (tertiary/aromatic N) is 2. The fourth-order valence-electron chi connectivity index (χ4n) is 4.72. The number of aromatic nitrogens is 3. The predicted octanol–water partition coefficient (Wildman–Crippen LogP) is 4.57. The largest absolute Gasteiger partial charge is 0.489 e. The van der Waals surface area contributed by atoms with Crippen LogP contribution in [-0.4, -0.2) is 34.4 Å². The second-order valence-electron chi connectivity index (χ2n) is 8.17. The average Bonchev–Trinajstić information content (AvgIpc) is 3.17. The Hall–Kier alpha value is -3.87. The number of carbonyl (C=O) groups is 1. The lowest BCUT2D eigenvalue weighted by Crippen LogP contribution is -2.02. The molecule has 7 nitrogen and oxygen atoms in total. The molecule has 2 aromatic heterocycles. The Labute approximate surface area is 184 Å². The second-order valence-corrected chi connectivity index (χ2v) is 8.17. The fraction of sp³-hybridized carbons (Fsp3) is 0.240. The maximum Gasteiger partial charge on any atom is 0.135 e. The summed E-state index contributed by atoms with van der Waals surface area (Å²) in [4.78, 5) is 23.5. The topological polar surface area (TPSA) is 89.1 Å². The van der Waals surface area contributed by atoms with Crippen molar-refractivity contribution in [3.8, 4) is 17.2 Å². The maximum atomic E-state index is 10.9. The van der Waals surface area contributed by atoms with E-state index in [1.165, 1.54) is 0 Å². The van der Waals surface area contributed by atoms with Crippen LogP contribution < -0.4 is 14.8 Å². The number of carbonyl (C=O) groups excluding carboxylic acids is 1. The second kappa shape index (κ2) is 7.37. The third-order valence-electron chi connectivity index (χ3n) is 6.27. The summed E-state index contributed by atoms with van der Waals surface area (Å²) in [7, 11) is 1.81. The first-order chi connectivity index (χ1) is 15.8. The molecule has 32 heavy (non-hydrogen) atoms. The van der Waals surface area contributed by atoms with Crippen molar-refractivity contribution in [2.24, 2.45) is 0 Å². The van der Waals surface area contributed by atoms with Crippen molar-refractivity contribution in [3.63, 3.8) is 0 Å². The third kappa shape index (κ3) is 3.00. The Morgan fingerprint density at radius 2 is 2.09 bits per heavy atom. The first kappa shape index (κ1) is 18.9. The van der Waals surface area contributed by atoms with E-state index in [0.29, 0.717) is 18.6 Å². The Bertz CT molecular complexity index is 1300. The summed E-state index contributed by atoms with van der Waals surface area (Å²) in [5.74, 6) is 4.55. The van der Waals surface area contributed by atoms with Crippen molar-refractivity contribution in [1.82, 2.24) is 15.0 Å². The molecule has 2 aromatic carbocycles. The van der Waals surface area contributed by atoms with Gasteiger partial charge in [-0.1, -0.05) is 12.1 Å². The summed E-state index contributed by atoms with van der Waals surface area (Å²) in [6.45, 7) is 0. The van der Waals surface area contributed by atoms with E-state index in [9.17, 15) is 4.79 Å². The Balaban J connectivity index is 1.28. The van der Waals surface area contributed by atoms with Gasteiger partial charge >= 0.3 is 0 Å². The van der Waals surface area contributed by atoms with Gasteiger partial charge in [0.15, 0.2) is 0 Å². The van der Waals surface area contributed by atoms with Gasteiger partial charge in [0.05, 0.1) is 17.0 Å². The van der Waals surface area contributed by atoms with Crippen LogP contribution in [-0.2, 0) is 11.2 Å². The van der Waals surface area contributed by atoms with E-state index in [1.54, 1.807) is 6.20 Å². The minimum absolute atomic E-state index is 0.112. The van der Waals surface area contributed by atoms with Gasteiger partial charge in [-0.25, -0.2) is 9.97 Å². The number of imidazole rings is 1. The molecule has 3 heterocycles. The molecular weight excluding hydrogens is 404 g/mol. The number of nitrogens with one attached hydrogen (secondary N) is 2. The van der Waals surface area contributed by atoms with E-state index in [2.05, 4.69) is 21.4 Å². The first-order valence-electron chi connectivity index (χ1n) is 10.8. The van der Waals surface area contributed by atoms with Crippen LogP contribution >= 0.6 is 0 Å². The number of benzene rings is 2. The quantitative estimate of drug-likeness (QED) is 0.421. The number of rotatable bonds is 7. The van der Waals surface area contributed by atoms with Gasteiger partial charge in [-0.15, -0.1) is 0 Å². The Kier molecular flexibility index (Phi) is 4.35. The number of anilines is 1. The molecule has 4 aromatic rings. The van der Waals surface area contributed by atoms with Gasteiger partial charge in [-0.2, -0.15) is 0 Å². The van der Waals surface area contributed by atoms with Crippen molar-refractivity contribution in [2.45, 2.75) is 30.8 Å². The van der Waals surface area contributed by atoms with Crippen LogP contribution in [0, 0.1) is 0 Å². The van der Waals surface area contributed by atoms with Crippen molar-refractivity contribution in [1.29, 1.82) is 0 Å². The number of fused-ring (bicyclic) bond motifs is 4. The van der Waals surface area contributed by atoms with Gasteiger partial charge in [0.2, 0.25) is 0 Å². The smallest absolute Gasteiger partial charge is 0.135 e. The van der Waals surface area contributed by atoms with Crippen LogP contribution in [0.3, 0.4) is 0 Å². The molecule has 2 N–H and O–H groups in total. The number of hydrogen-bond donors (Lipinski definition) is 2. The number of para-hydroxylation sites is 2. The lowest BCUT2D eigenvalue weighted by atomic mass is 10.1. The fourth-order valence-corrected chi connectivity index (χ4v) is 4.72. The maximum absolute atomic E-state index is 10.9. The minimum atomic E-state index is 0.112. The van der Waals surface area contributed by atoms with Crippen molar-refractivity contribution in [2.75, 3.05) is 12.4 Å². The molecule has 1 aliphatic carbocycles. The molecule has 7 heteroatoms. The third-order valence-corrected chi connectivity index (χ3v) is 6.27. The number of pyridine rings is 1. The summed E-state index contributed by atoms with van der Waals surface area (Å²) < 4.78 is 12.4. The van der Waals surface area contributed by atoms with Gasteiger partial charge in [0.1, 0.15) is 41.3 Å². The molecular formula is C25H22N4O3. The molecule has 3 atom stereocenters. The van der Waals surface area contributed by atoms with Gasteiger partial charge in [-0.05, 0) is 42.8 Å². The predicted molar refractivity (Wildman–Crippen MR) is 121 cm³/mol. The Morgan fingerprint density at radius 3 is 2.94 bits per heavy atom. The molecule has 0 spiro atoms. The molecule has 160 valence electrons. The van der Waals surface area contributed by atoms with E-state index in [-0.39, 0.29) is 17.9 Å².